The van der Waals surface area contributed by atoms with Crippen molar-refractivity contribution >= 4 is 44.8 Å². The van der Waals surface area contributed by atoms with E-state index in [1.165, 1.54) is 49.3 Å². The monoisotopic (exact) mass is 720 g/mol. The maximum absolute atomic E-state index is 14.8. The molecule has 4 aromatic rings. The SMILES string of the molecule is CC[C@H](C)NC(=O)[C@@H](Cc1ccccc1)N(Cc1ccccc1C)C(=O)CN(c1cc(Cl)ccc1OC)S(=O)(=O)c1ccc(C)c([N+](=O)[O-])c1. The van der Waals surface area contributed by atoms with Crippen LogP contribution in [0.15, 0.2) is 95.9 Å². The number of hydrogen-bond donors (Lipinski definition) is 1. The quantitative estimate of drug-likeness (QED) is 0.108. The van der Waals surface area contributed by atoms with E-state index in [9.17, 15) is 28.1 Å². The third-order valence-corrected chi connectivity index (χ3v) is 10.5. The minimum Gasteiger partial charge on any atom is -0.495 e. The lowest BCUT2D eigenvalue weighted by atomic mass is 10.0. The van der Waals surface area contributed by atoms with Crippen LogP contribution < -0.4 is 14.4 Å². The largest absolute Gasteiger partial charge is 0.495 e. The van der Waals surface area contributed by atoms with Crippen LogP contribution in [0, 0.1) is 24.0 Å². The summed E-state index contributed by atoms with van der Waals surface area (Å²) >= 11 is 6.36. The van der Waals surface area contributed by atoms with Crippen LogP contribution in [0.3, 0.4) is 0 Å². The number of halogens is 1. The third kappa shape index (κ3) is 8.99. The van der Waals surface area contributed by atoms with Crippen LogP contribution in [0.2, 0.25) is 5.02 Å². The molecule has 0 fully saturated rings. The molecular weight excluding hydrogens is 680 g/mol. The number of aryl methyl sites for hydroxylation is 2. The third-order valence-electron chi connectivity index (χ3n) is 8.53. The molecule has 0 aliphatic heterocycles. The van der Waals surface area contributed by atoms with Crippen molar-refractivity contribution in [3.05, 3.63) is 128 Å². The van der Waals surface area contributed by atoms with E-state index < -0.39 is 49.9 Å². The average molecular weight is 721 g/mol. The normalized spacial score (nSPS) is 12.4. The minimum absolute atomic E-state index is 0.00644. The summed E-state index contributed by atoms with van der Waals surface area (Å²) in [7, 11) is -3.33. The molecule has 2 atom stereocenters. The zero-order valence-electron chi connectivity index (χ0n) is 28.6. The maximum atomic E-state index is 14.8. The van der Waals surface area contributed by atoms with Crippen molar-refractivity contribution in [2.45, 2.75) is 64.1 Å². The molecule has 0 aromatic heterocycles. The van der Waals surface area contributed by atoms with E-state index in [1.54, 1.807) is 0 Å². The molecule has 0 saturated carbocycles. The summed E-state index contributed by atoms with van der Waals surface area (Å²) in [4.78, 5) is 41.0. The van der Waals surface area contributed by atoms with Gasteiger partial charge in [-0.1, -0.05) is 79.2 Å². The lowest BCUT2D eigenvalue weighted by Gasteiger charge is -2.35. The van der Waals surface area contributed by atoms with Crippen molar-refractivity contribution in [3.8, 4) is 5.75 Å². The number of nitro benzene ring substituents is 1. The predicted octanol–water partition coefficient (Wildman–Crippen LogP) is 6.62. The highest BCUT2D eigenvalue weighted by molar-refractivity contribution is 7.92. The van der Waals surface area contributed by atoms with Gasteiger partial charge in [-0.05, 0) is 68.1 Å². The molecule has 11 nitrogen and oxygen atoms in total. The molecule has 0 aliphatic rings. The van der Waals surface area contributed by atoms with Crippen LogP contribution in [-0.4, -0.2) is 55.8 Å². The van der Waals surface area contributed by atoms with Crippen LogP contribution in [0.25, 0.3) is 0 Å². The van der Waals surface area contributed by atoms with Gasteiger partial charge in [-0.25, -0.2) is 8.42 Å². The van der Waals surface area contributed by atoms with E-state index in [-0.39, 0.29) is 41.0 Å². The maximum Gasteiger partial charge on any atom is 0.273 e. The van der Waals surface area contributed by atoms with Crippen LogP contribution in [0.4, 0.5) is 11.4 Å². The Hall–Kier alpha value is -4.94. The highest BCUT2D eigenvalue weighted by Gasteiger charge is 2.36. The number of nitrogens with one attached hydrogen (secondary N) is 1. The number of hydrogen-bond acceptors (Lipinski definition) is 7. The first kappa shape index (κ1) is 37.9. The lowest BCUT2D eigenvalue weighted by molar-refractivity contribution is -0.385. The fourth-order valence-electron chi connectivity index (χ4n) is 5.41. The number of amides is 2. The Balaban J connectivity index is 1.90. The molecule has 0 aliphatic carbocycles. The van der Waals surface area contributed by atoms with Gasteiger partial charge in [0.1, 0.15) is 18.3 Å². The number of methoxy groups -OCH3 is 1. The molecule has 0 bridgehead atoms. The van der Waals surface area contributed by atoms with Crippen LogP contribution in [0.5, 0.6) is 5.75 Å². The lowest BCUT2D eigenvalue weighted by Crippen LogP contribution is -2.54. The smallest absolute Gasteiger partial charge is 0.273 e. The van der Waals surface area contributed by atoms with Crippen LogP contribution in [0.1, 0.15) is 42.5 Å². The van der Waals surface area contributed by atoms with Crippen molar-refractivity contribution < 1.29 is 27.7 Å². The highest BCUT2D eigenvalue weighted by Crippen LogP contribution is 2.36. The molecule has 0 heterocycles. The number of sulfonamides is 1. The predicted molar refractivity (Wildman–Crippen MR) is 194 cm³/mol. The molecular formula is C37H41ClN4O7S. The van der Waals surface area contributed by atoms with Gasteiger partial charge in [0.15, 0.2) is 0 Å². The number of anilines is 1. The summed E-state index contributed by atoms with van der Waals surface area (Å²) in [5.41, 5.74) is 2.24. The molecule has 2 amide bonds. The number of nitro groups is 1. The molecule has 50 heavy (non-hydrogen) atoms. The van der Waals surface area contributed by atoms with E-state index in [0.717, 1.165) is 27.1 Å². The van der Waals surface area contributed by atoms with Crippen LogP contribution >= 0.6 is 11.6 Å². The fraction of sp³-hybridized carbons (Fsp3) is 0.297. The Morgan fingerprint density at radius 3 is 2.28 bits per heavy atom. The van der Waals surface area contributed by atoms with E-state index in [0.29, 0.717) is 6.42 Å². The van der Waals surface area contributed by atoms with Gasteiger partial charge in [0.05, 0.1) is 22.6 Å². The minimum atomic E-state index is -4.67. The summed E-state index contributed by atoms with van der Waals surface area (Å²) in [5, 5.41) is 15.0. The van der Waals surface area contributed by atoms with E-state index >= 15 is 0 Å². The molecule has 1 N–H and O–H groups in total. The Kier molecular flexibility index (Phi) is 12.6. The zero-order chi connectivity index (χ0) is 36.6. The van der Waals surface area contributed by atoms with Gasteiger partial charge in [0, 0.05) is 35.7 Å². The van der Waals surface area contributed by atoms with Gasteiger partial charge < -0.3 is 15.0 Å². The second-order valence-corrected chi connectivity index (χ2v) is 14.3. The first-order chi connectivity index (χ1) is 23.8. The Labute approximate surface area is 298 Å². The Morgan fingerprint density at radius 2 is 1.64 bits per heavy atom. The second kappa shape index (κ2) is 16.6. The van der Waals surface area contributed by atoms with Crippen molar-refractivity contribution in [3.63, 3.8) is 0 Å². The molecule has 13 heteroatoms. The van der Waals surface area contributed by atoms with E-state index in [2.05, 4.69) is 5.32 Å². The van der Waals surface area contributed by atoms with Crippen molar-refractivity contribution in [1.82, 2.24) is 10.2 Å². The standard InChI is InChI=1S/C37H41ClN4O7S/c1-6-27(4)39-37(44)34(20-28-13-8-7-9-14-28)40(23-29-15-11-10-12-25(29)2)36(43)24-41(33-21-30(38)17-19-35(33)49-5)50(47,48)31-18-16-26(3)32(22-31)42(45)46/h7-19,21-22,27,34H,6,20,23-24H2,1-5H3,(H,39,44)/t27-,34+/m0/s1. The molecule has 0 unspecified atom stereocenters. The molecule has 0 saturated heterocycles. The number of carbonyl (C=O) groups excluding carboxylic acids is 2. The van der Waals surface area contributed by atoms with Crippen molar-refractivity contribution in [1.29, 1.82) is 0 Å². The Bertz CT molecular complexity index is 1960. The number of rotatable bonds is 15. The van der Waals surface area contributed by atoms with Gasteiger partial charge in [0.25, 0.3) is 15.7 Å². The van der Waals surface area contributed by atoms with Crippen LogP contribution in [-0.2, 0) is 32.6 Å². The summed E-state index contributed by atoms with van der Waals surface area (Å²) < 4.78 is 35.3. The number of nitrogens with zero attached hydrogens (tertiary/aromatic N) is 3. The Morgan fingerprint density at radius 1 is 0.960 bits per heavy atom. The first-order valence-corrected chi connectivity index (χ1v) is 17.9. The molecule has 4 aromatic carbocycles. The summed E-state index contributed by atoms with van der Waals surface area (Å²) in [6, 6.07) is 23.3. The summed E-state index contributed by atoms with van der Waals surface area (Å²) in [6.07, 6.45) is 0.803. The van der Waals surface area contributed by atoms with Crippen molar-refractivity contribution in [2.24, 2.45) is 0 Å². The van der Waals surface area contributed by atoms with E-state index in [4.69, 9.17) is 16.3 Å². The van der Waals surface area contributed by atoms with Gasteiger partial charge >= 0.3 is 0 Å². The number of ether oxygens (including phenoxy) is 1. The summed E-state index contributed by atoms with van der Waals surface area (Å²) in [6.45, 7) is 6.40. The summed E-state index contributed by atoms with van der Waals surface area (Å²) in [5.74, 6) is -0.997. The van der Waals surface area contributed by atoms with Gasteiger partial charge in [-0.15, -0.1) is 0 Å². The van der Waals surface area contributed by atoms with E-state index in [1.807, 2.05) is 75.4 Å². The molecule has 264 valence electrons. The van der Waals surface area contributed by atoms with Gasteiger partial charge in [-0.3, -0.25) is 24.0 Å². The first-order valence-electron chi connectivity index (χ1n) is 16.1. The molecule has 0 radical (unpaired) electrons. The average Bonchev–Trinajstić information content (AvgIpc) is 3.09. The van der Waals surface area contributed by atoms with Gasteiger partial charge in [0.2, 0.25) is 11.8 Å². The highest BCUT2D eigenvalue weighted by atomic mass is 35.5. The van der Waals surface area contributed by atoms with Crippen molar-refractivity contribution in [2.75, 3.05) is 18.0 Å². The number of carbonyl (C=O) groups is 2. The van der Waals surface area contributed by atoms with Gasteiger partial charge in [-0.2, -0.15) is 0 Å². The molecule has 0 spiro atoms. The fourth-order valence-corrected chi connectivity index (χ4v) is 7.01. The topological polar surface area (TPSA) is 139 Å². The molecule has 4 rings (SSSR count). The zero-order valence-corrected chi connectivity index (χ0v) is 30.2. The number of benzene rings is 4. The second-order valence-electron chi connectivity index (χ2n) is 12.0.